The molecule has 1 amide bonds. The highest BCUT2D eigenvalue weighted by atomic mass is 79.9. The number of amides is 1. The number of halogens is 1. The summed E-state index contributed by atoms with van der Waals surface area (Å²) < 4.78 is 0.989. The van der Waals surface area contributed by atoms with E-state index in [0.717, 1.165) is 40.6 Å². The molecule has 2 heterocycles. The largest absolute Gasteiger partial charge is 0.465 e. The van der Waals surface area contributed by atoms with Gasteiger partial charge in [-0.25, -0.2) is 9.78 Å². The van der Waals surface area contributed by atoms with Crippen LogP contribution in [0.25, 0.3) is 11.0 Å². The number of imidazole rings is 1. The van der Waals surface area contributed by atoms with Gasteiger partial charge >= 0.3 is 6.09 Å². The number of likely N-dealkylation sites (tertiary alicyclic amines) is 1. The third kappa shape index (κ3) is 1.67. The van der Waals surface area contributed by atoms with E-state index in [1.165, 1.54) is 0 Å². The standard InChI is InChI=1S/C14H14BrN3O2/c15-8-2-4-10-11(6-8)17-13(16-10)12-7-1-3-9(5-7)18(12)14(19)20/h2,4,6-7,9,12H,1,3,5H2,(H,16,17)(H,19,20). The molecule has 1 aliphatic carbocycles. The van der Waals surface area contributed by atoms with E-state index in [2.05, 4.69) is 25.9 Å². The Morgan fingerprint density at radius 2 is 2.30 bits per heavy atom. The highest BCUT2D eigenvalue weighted by molar-refractivity contribution is 9.10. The van der Waals surface area contributed by atoms with E-state index >= 15 is 0 Å². The Bertz CT molecular complexity index is 699. The fourth-order valence-corrected chi connectivity index (χ4v) is 4.12. The number of aromatic amines is 1. The summed E-state index contributed by atoms with van der Waals surface area (Å²) in [5.41, 5.74) is 1.83. The molecule has 0 spiro atoms. The van der Waals surface area contributed by atoms with Gasteiger partial charge in [-0.2, -0.15) is 0 Å². The zero-order valence-corrected chi connectivity index (χ0v) is 12.3. The number of H-pyrrole nitrogens is 1. The minimum atomic E-state index is -0.830. The smallest absolute Gasteiger partial charge is 0.408 e. The minimum absolute atomic E-state index is 0.113. The predicted molar refractivity (Wildman–Crippen MR) is 77.5 cm³/mol. The summed E-state index contributed by atoms with van der Waals surface area (Å²) in [5, 5.41) is 9.46. The van der Waals surface area contributed by atoms with E-state index in [0.29, 0.717) is 5.92 Å². The fourth-order valence-electron chi connectivity index (χ4n) is 3.76. The maximum atomic E-state index is 11.5. The lowest BCUT2D eigenvalue weighted by Gasteiger charge is -2.31. The van der Waals surface area contributed by atoms with E-state index in [1.54, 1.807) is 4.90 Å². The van der Waals surface area contributed by atoms with Gasteiger partial charge in [-0.1, -0.05) is 15.9 Å². The Morgan fingerprint density at radius 1 is 1.45 bits per heavy atom. The molecule has 3 atom stereocenters. The van der Waals surface area contributed by atoms with Crippen molar-refractivity contribution in [1.82, 2.24) is 14.9 Å². The van der Waals surface area contributed by atoms with Crippen molar-refractivity contribution in [3.63, 3.8) is 0 Å². The van der Waals surface area contributed by atoms with Crippen molar-refractivity contribution >= 4 is 33.1 Å². The van der Waals surface area contributed by atoms with Gasteiger partial charge in [0.05, 0.1) is 17.1 Å². The summed E-state index contributed by atoms with van der Waals surface area (Å²) >= 11 is 3.44. The number of aromatic nitrogens is 2. The molecule has 1 saturated heterocycles. The van der Waals surface area contributed by atoms with E-state index in [-0.39, 0.29) is 12.1 Å². The van der Waals surface area contributed by atoms with Crippen molar-refractivity contribution in [3.8, 4) is 0 Å². The maximum absolute atomic E-state index is 11.5. The predicted octanol–water partition coefficient (Wildman–Crippen LogP) is 3.53. The first-order valence-electron chi connectivity index (χ1n) is 6.80. The van der Waals surface area contributed by atoms with Crippen LogP contribution in [-0.4, -0.2) is 32.1 Å². The molecule has 2 aromatic rings. The van der Waals surface area contributed by atoms with E-state index < -0.39 is 6.09 Å². The highest BCUT2D eigenvalue weighted by Crippen LogP contribution is 2.49. The molecule has 3 unspecified atom stereocenters. The summed E-state index contributed by atoms with van der Waals surface area (Å²) in [5.74, 6) is 1.19. The molecule has 0 radical (unpaired) electrons. The number of piperidine rings is 1. The molecule has 5 nitrogen and oxygen atoms in total. The van der Waals surface area contributed by atoms with Crippen molar-refractivity contribution in [2.24, 2.45) is 5.92 Å². The van der Waals surface area contributed by atoms with Crippen LogP contribution in [0.15, 0.2) is 22.7 Å². The first-order chi connectivity index (χ1) is 9.63. The first kappa shape index (κ1) is 12.2. The molecule has 2 N–H and O–H groups in total. The Morgan fingerprint density at radius 3 is 3.10 bits per heavy atom. The number of carboxylic acid groups (broad SMARTS) is 1. The fraction of sp³-hybridized carbons (Fsp3) is 0.429. The Kier molecular flexibility index (Phi) is 2.57. The molecular formula is C14H14BrN3O2. The molecule has 4 rings (SSSR count). The molecule has 1 aliphatic heterocycles. The molecule has 6 heteroatoms. The minimum Gasteiger partial charge on any atom is -0.465 e. The molecule has 20 heavy (non-hydrogen) atoms. The van der Waals surface area contributed by atoms with Gasteiger partial charge in [-0.05, 0) is 43.4 Å². The normalized spacial score (nSPS) is 28.4. The van der Waals surface area contributed by atoms with Crippen LogP contribution >= 0.6 is 15.9 Å². The van der Waals surface area contributed by atoms with Gasteiger partial charge < -0.3 is 10.1 Å². The van der Waals surface area contributed by atoms with Gasteiger partial charge in [0.15, 0.2) is 0 Å². The monoisotopic (exact) mass is 335 g/mol. The summed E-state index contributed by atoms with van der Waals surface area (Å²) in [6.45, 7) is 0. The van der Waals surface area contributed by atoms with Gasteiger partial charge in [-0.15, -0.1) is 0 Å². The number of hydrogen-bond acceptors (Lipinski definition) is 2. The molecule has 2 aliphatic rings. The Hall–Kier alpha value is -1.56. The third-order valence-corrected chi connectivity index (χ3v) is 5.04. The van der Waals surface area contributed by atoms with Crippen LogP contribution in [0.3, 0.4) is 0 Å². The highest BCUT2D eigenvalue weighted by Gasteiger charge is 2.50. The molecule has 2 bridgehead atoms. The Labute approximate surface area is 124 Å². The van der Waals surface area contributed by atoms with E-state index in [4.69, 9.17) is 0 Å². The van der Waals surface area contributed by atoms with Crippen molar-refractivity contribution in [3.05, 3.63) is 28.5 Å². The summed E-state index contributed by atoms with van der Waals surface area (Å²) in [7, 11) is 0. The number of fused-ring (bicyclic) bond motifs is 3. The third-order valence-electron chi connectivity index (χ3n) is 4.55. The van der Waals surface area contributed by atoms with E-state index in [1.807, 2.05) is 18.2 Å². The number of nitrogens with one attached hydrogen (secondary N) is 1. The summed E-state index contributed by atoms with van der Waals surface area (Å²) in [4.78, 5) is 21.0. The lowest BCUT2D eigenvalue weighted by Crippen LogP contribution is -2.39. The van der Waals surface area contributed by atoms with Crippen LogP contribution in [0.5, 0.6) is 0 Å². The van der Waals surface area contributed by atoms with Crippen molar-refractivity contribution < 1.29 is 9.90 Å². The molecule has 1 aromatic heterocycles. The van der Waals surface area contributed by atoms with Crippen LogP contribution in [-0.2, 0) is 0 Å². The van der Waals surface area contributed by atoms with Crippen LogP contribution in [0.1, 0.15) is 31.1 Å². The van der Waals surface area contributed by atoms with Crippen LogP contribution < -0.4 is 0 Å². The van der Waals surface area contributed by atoms with Gasteiger partial charge in [0.1, 0.15) is 5.82 Å². The van der Waals surface area contributed by atoms with Crippen LogP contribution in [0.4, 0.5) is 4.79 Å². The topological polar surface area (TPSA) is 69.2 Å². The molecular weight excluding hydrogens is 322 g/mol. The SMILES string of the molecule is O=C(O)N1C2CCC(C2)C1c1nc2ccc(Br)cc2[nH]1. The van der Waals surface area contributed by atoms with Gasteiger partial charge in [-0.3, -0.25) is 4.90 Å². The summed E-state index contributed by atoms with van der Waals surface area (Å²) in [6, 6.07) is 5.92. The van der Waals surface area contributed by atoms with Crippen LogP contribution in [0.2, 0.25) is 0 Å². The average Bonchev–Trinajstić information content (AvgIpc) is 3.09. The quantitative estimate of drug-likeness (QED) is 0.837. The zero-order valence-electron chi connectivity index (χ0n) is 10.7. The number of nitrogens with zero attached hydrogens (tertiary/aromatic N) is 2. The number of rotatable bonds is 1. The number of carbonyl (C=O) groups is 1. The van der Waals surface area contributed by atoms with Crippen LogP contribution in [0, 0.1) is 5.92 Å². The maximum Gasteiger partial charge on any atom is 0.408 e. The van der Waals surface area contributed by atoms with Gasteiger partial charge in [0.2, 0.25) is 0 Å². The van der Waals surface area contributed by atoms with Gasteiger partial charge in [0.25, 0.3) is 0 Å². The number of benzene rings is 1. The Balaban J connectivity index is 1.79. The van der Waals surface area contributed by atoms with Crippen molar-refractivity contribution in [1.29, 1.82) is 0 Å². The lowest BCUT2D eigenvalue weighted by atomic mass is 9.98. The lowest BCUT2D eigenvalue weighted by molar-refractivity contribution is 0.0992. The van der Waals surface area contributed by atoms with Gasteiger partial charge in [0, 0.05) is 10.5 Å². The second-order valence-electron chi connectivity index (χ2n) is 5.65. The van der Waals surface area contributed by atoms with Crippen molar-refractivity contribution in [2.45, 2.75) is 31.3 Å². The molecule has 1 aromatic carbocycles. The second kappa shape index (κ2) is 4.22. The molecule has 104 valence electrons. The van der Waals surface area contributed by atoms with Crippen molar-refractivity contribution in [2.75, 3.05) is 0 Å². The number of hydrogen-bond donors (Lipinski definition) is 2. The average molecular weight is 336 g/mol. The molecule has 2 fully saturated rings. The van der Waals surface area contributed by atoms with E-state index in [9.17, 15) is 9.90 Å². The zero-order chi connectivity index (χ0) is 13.9. The summed E-state index contributed by atoms with van der Waals surface area (Å²) in [6.07, 6.45) is 2.22. The first-order valence-corrected chi connectivity index (χ1v) is 7.59. The molecule has 1 saturated carbocycles. The second-order valence-corrected chi connectivity index (χ2v) is 6.56.